The summed E-state index contributed by atoms with van der Waals surface area (Å²) >= 11 is 3.52. The van der Waals surface area contributed by atoms with Gasteiger partial charge in [-0.15, -0.1) is 0 Å². The number of para-hydroxylation sites is 1. The van der Waals surface area contributed by atoms with E-state index in [1.54, 1.807) is 30.7 Å². The van der Waals surface area contributed by atoms with Gasteiger partial charge in [-0.3, -0.25) is 24.2 Å². The van der Waals surface area contributed by atoms with Crippen LogP contribution in [0.2, 0.25) is 0 Å². The summed E-state index contributed by atoms with van der Waals surface area (Å²) in [5.41, 5.74) is 1.38. The smallest absolute Gasteiger partial charge is 0.343 e. The Labute approximate surface area is 329 Å². The van der Waals surface area contributed by atoms with Gasteiger partial charge in [0.05, 0.1) is 17.2 Å². The van der Waals surface area contributed by atoms with E-state index in [0.29, 0.717) is 16.8 Å². The highest BCUT2D eigenvalue weighted by Gasteiger charge is 2.58. The highest BCUT2D eigenvalue weighted by atomic mass is 32.2. The maximum atomic E-state index is 13.7. The van der Waals surface area contributed by atoms with Crippen molar-refractivity contribution in [1.29, 1.82) is 0 Å². The third-order valence-corrected chi connectivity index (χ3v) is 12.9. The van der Waals surface area contributed by atoms with Crippen molar-refractivity contribution in [3.63, 3.8) is 0 Å². The standard InChI is InChI=1S/C39H36N2O9S4/c1-21(53-36(45)51-6)33(42)48-26-16-24(17-27(18-26)49-34(43)22(2)54-37(46)52-7)35(44)47-25-14-12-23-13-15-31-32(28(23)19-25)40-20-39(50-31)38(3,4)29-10-8-9-11-30(29)41(39)5/h8-22H,1-7H3. The van der Waals surface area contributed by atoms with Crippen molar-refractivity contribution in [2.45, 2.75) is 49.3 Å². The van der Waals surface area contributed by atoms with Crippen molar-refractivity contribution in [3.8, 4) is 23.0 Å². The van der Waals surface area contributed by atoms with E-state index in [1.807, 2.05) is 37.5 Å². The Hall–Kier alpha value is -4.44. The number of aliphatic imine (C=N–C) groups is 1. The fraction of sp³-hybridized carbons (Fsp3) is 0.282. The topological polar surface area (TPSA) is 138 Å². The van der Waals surface area contributed by atoms with Crippen LogP contribution in [0.3, 0.4) is 0 Å². The molecule has 0 N–H and O–H groups in total. The van der Waals surface area contributed by atoms with Gasteiger partial charge in [0.25, 0.3) is 0 Å². The summed E-state index contributed by atoms with van der Waals surface area (Å²) in [6.45, 7) is 7.29. The van der Waals surface area contributed by atoms with E-state index >= 15 is 0 Å². The fourth-order valence-corrected chi connectivity index (χ4v) is 8.77. The summed E-state index contributed by atoms with van der Waals surface area (Å²) in [4.78, 5) is 70.2. The summed E-state index contributed by atoms with van der Waals surface area (Å²) in [6, 6.07) is 20.9. The highest BCUT2D eigenvalue weighted by molar-refractivity contribution is 8.39. The van der Waals surface area contributed by atoms with E-state index in [0.717, 1.165) is 63.7 Å². The molecule has 6 rings (SSSR count). The van der Waals surface area contributed by atoms with E-state index in [1.165, 1.54) is 32.0 Å². The van der Waals surface area contributed by atoms with Crippen LogP contribution < -0.4 is 23.8 Å². The molecule has 15 heteroatoms. The first kappa shape index (κ1) is 39.3. The van der Waals surface area contributed by atoms with Gasteiger partial charge in [-0.25, -0.2) is 4.79 Å². The SMILES string of the molecule is CSC(=O)SC(C)C(=O)Oc1cc(OC(=O)C(C)SC(=O)SC)cc(C(=O)Oc2ccc3ccc4c(c3c2)N=CC2(O4)N(C)c3ccccc3C2(C)C)c1. The number of nitrogens with zero attached hydrogens (tertiary/aromatic N) is 2. The molecule has 3 unspecified atom stereocenters. The van der Waals surface area contributed by atoms with Crippen LogP contribution >= 0.6 is 47.0 Å². The highest BCUT2D eigenvalue weighted by Crippen LogP contribution is 2.54. The number of esters is 3. The van der Waals surface area contributed by atoms with Crippen molar-refractivity contribution in [2.75, 3.05) is 24.5 Å². The van der Waals surface area contributed by atoms with Crippen LogP contribution in [0, 0.1) is 0 Å². The fourth-order valence-electron chi connectivity index (χ4n) is 6.27. The second kappa shape index (κ2) is 15.7. The van der Waals surface area contributed by atoms with Crippen molar-refractivity contribution in [2.24, 2.45) is 4.99 Å². The molecule has 3 atom stereocenters. The van der Waals surface area contributed by atoms with Gasteiger partial charge in [0.1, 0.15) is 39.2 Å². The first-order valence-electron chi connectivity index (χ1n) is 16.6. The molecule has 0 amide bonds. The van der Waals surface area contributed by atoms with Crippen molar-refractivity contribution >= 4 is 102 Å². The minimum atomic E-state index is -0.876. The number of likely N-dealkylation sites (N-methyl/N-ethyl adjacent to an activating group) is 1. The van der Waals surface area contributed by atoms with Crippen LogP contribution in [-0.4, -0.2) is 68.8 Å². The lowest BCUT2D eigenvalue weighted by atomic mass is 9.77. The third-order valence-electron chi connectivity index (χ3n) is 9.20. The molecular weight excluding hydrogens is 769 g/mol. The molecule has 11 nitrogen and oxygen atoms in total. The van der Waals surface area contributed by atoms with E-state index < -0.39 is 39.5 Å². The largest absolute Gasteiger partial charge is 0.459 e. The molecule has 1 spiro atoms. The first-order chi connectivity index (χ1) is 25.7. The van der Waals surface area contributed by atoms with Gasteiger partial charge in [0.15, 0.2) is 0 Å². The summed E-state index contributed by atoms with van der Waals surface area (Å²) < 4.78 is 23.1. The quantitative estimate of drug-likeness (QED) is 0.124. The number of rotatable bonds is 8. The second-order valence-electron chi connectivity index (χ2n) is 12.9. The van der Waals surface area contributed by atoms with Gasteiger partial charge in [-0.1, -0.05) is 77.4 Å². The molecule has 0 aliphatic carbocycles. The number of thioether (sulfide) groups is 4. The second-order valence-corrected chi connectivity index (χ2v) is 17.6. The minimum absolute atomic E-state index is 0.0892. The van der Waals surface area contributed by atoms with Crippen LogP contribution in [0.4, 0.5) is 21.0 Å². The summed E-state index contributed by atoms with van der Waals surface area (Å²) in [5, 5.41) is -0.189. The Bertz CT molecular complexity index is 2170. The number of carbonyl (C=O) groups excluding carboxylic acids is 5. The lowest BCUT2D eigenvalue weighted by Crippen LogP contribution is -2.61. The Kier molecular flexibility index (Phi) is 11.4. The van der Waals surface area contributed by atoms with Crippen molar-refractivity contribution in [3.05, 3.63) is 83.9 Å². The molecule has 0 aromatic heterocycles. The molecule has 0 saturated heterocycles. The Morgan fingerprint density at radius 1 is 0.759 bits per heavy atom. The summed E-state index contributed by atoms with van der Waals surface area (Å²) in [6.07, 6.45) is 5.03. The van der Waals surface area contributed by atoms with Crippen molar-refractivity contribution in [1.82, 2.24) is 0 Å². The van der Waals surface area contributed by atoms with Crippen molar-refractivity contribution < 1.29 is 42.9 Å². The molecule has 54 heavy (non-hydrogen) atoms. The molecule has 0 saturated carbocycles. The molecule has 0 bridgehead atoms. The van der Waals surface area contributed by atoms with Crippen LogP contribution in [0.1, 0.15) is 43.6 Å². The van der Waals surface area contributed by atoms with Gasteiger partial charge >= 0.3 is 17.9 Å². The normalized spacial score (nSPS) is 17.6. The van der Waals surface area contributed by atoms with Gasteiger partial charge < -0.3 is 23.8 Å². The minimum Gasteiger partial charge on any atom is -0.459 e. The van der Waals surface area contributed by atoms with Crippen LogP contribution in [0.25, 0.3) is 10.8 Å². The predicted octanol–water partition coefficient (Wildman–Crippen LogP) is 9.30. The molecule has 280 valence electrons. The molecule has 2 aliphatic heterocycles. The first-order valence-corrected chi connectivity index (χ1v) is 20.8. The number of ether oxygens (including phenoxy) is 4. The Balaban J connectivity index is 1.28. The maximum absolute atomic E-state index is 13.7. The molecule has 4 aromatic rings. The Morgan fingerprint density at radius 3 is 1.94 bits per heavy atom. The lowest BCUT2D eigenvalue weighted by Gasteiger charge is -2.45. The predicted molar refractivity (Wildman–Crippen MR) is 218 cm³/mol. The molecule has 2 heterocycles. The average Bonchev–Trinajstić information content (AvgIpc) is 3.31. The zero-order valence-corrected chi connectivity index (χ0v) is 33.6. The Morgan fingerprint density at radius 2 is 1.35 bits per heavy atom. The van der Waals surface area contributed by atoms with Crippen LogP contribution in [0.15, 0.2) is 77.8 Å². The van der Waals surface area contributed by atoms with Gasteiger partial charge in [-0.05, 0) is 87.6 Å². The molecule has 2 aliphatic rings. The molecule has 0 radical (unpaired) electrons. The lowest BCUT2D eigenvalue weighted by molar-refractivity contribution is -0.133. The third kappa shape index (κ3) is 7.59. The zero-order valence-electron chi connectivity index (χ0n) is 30.4. The van der Waals surface area contributed by atoms with Crippen LogP contribution in [-0.2, 0) is 15.0 Å². The summed E-state index contributed by atoms with van der Waals surface area (Å²) in [5.74, 6) is -1.79. The molecule has 0 fully saturated rings. The van der Waals surface area contributed by atoms with E-state index in [2.05, 4.69) is 30.9 Å². The number of hydrogen-bond acceptors (Lipinski definition) is 15. The number of anilines is 1. The molecule has 4 aromatic carbocycles. The number of benzene rings is 4. The monoisotopic (exact) mass is 804 g/mol. The molecular formula is C39H36N2O9S4. The number of fused-ring (bicyclic) bond motifs is 4. The number of carbonyl (C=O) groups is 5. The zero-order chi connectivity index (χ0) is 38.9. The van der Waals surface area contributed by atoms with E-state index in [4.69, 9.17) is 23.9 Å². The average molecular weight is 805 g/mol. The van der Waals surface area contributed by atoms with Gasteiger partial charge in [0, 0.05) is 24.2 Å². The van der Waals surface area contributed by atoms with Gasteiger partial charge in [0.2, 0.25) is 14.6 Å². The summed E-state index contributed by atoms with van der Waals surface area (Å²) in [7, 11) is 1.99. The number of hydrogen-bond donors (Lipinski definition) is 0. The van der Waals surface area contributed by atoms with E-state index in [9.17, 15) is 24.0 Å². The van der Waals surface area contributed by atoms with E-state index in [-0.39, 0.29) is 31.7 Å². The van der Waals surface area contributed by atoms with Gasteiger partial charge in [-0.2, -0.15) is 0 Å². The maximum Gasteiger partial charge on any atom is 0.343 e. The van der Waals surface area contributed by atoms with Crippen LogP contribution in [0.5, 0.6) is 23.0 Å².